The number of fused-ring (bicyclic) bond motifs is 1. The zero-order valence-electron chi connectivity index (χ0n) is 18.3. The first kappa shape index (κ1) is 21.2. The van der Waals surface area contributed by atoms with Crippen molar-refractivity contribution in [3.8, 4) is 0 Å². The Labute approximate surface area is 172 Å². The summed E-state index contributed by atoms with van der Waals surface area (Å²) in [6.07, 6.45) is 2.90. The van der Waals surface area contributed by atoms with Crippen molar-refractivity contribution in [1.82, 2.24) is 9.47 Å². The van der Waals surface area contributed by atoms with Crippen LogP contribution in [0.15, 0.2) is 30.5 Å². The van der Waals surface area contributed by atoms with E-state index in [-0.39, 0.29) is 12.2 Å². The highest BCUT2D eigenvalue weighted by atomic mass is 16.6. The molecular weight excluding hydrogens is 368 g/mol. The quantitative estimate of drug-likeness (QED) is 0.631. The van der Waals surface area contributed by atoms with E-state index in [9.17, 15) is 9.59 Å². The van der Waals surface area contributed by atoms with E-state index in [1.165, 1.54) is 5.56 Å². The van der Waals surface area contributed by atoms with Crippen molar-refractivity contribution in [2.45, 2.75) is 71.5 Å². The second-order valence-corrected chi connectivity index (χ2v) is 9.69. The Morgan fingerprint density at radius 1 is 0.897 bits per heavy atom. The Morgan fingerprint density at radius 3 is 2.07 bits per heavy atom. The highest BCUT2D eigenvalue weighted by molar-refractivity contribution is 5.91. The van der Waals surface area contributed by atoms with E-state index in [1.54, 1.807) is 15.7 Å². The minimum atomic E-state index is -0.542. The van der Waals surface area contributed by atoms with Crippen molar-refractivity contribution in [3.63, 3.8) is 0 Å². The third-order valence-corrected chi connectivity index (χ3v) is 4.94. The van der Waals surface area contributed by atoms with Gasteiger partial charge in [0, 0.05) is 24.7 Å². The summed E-state index contributed by atoms with van der Waals surface area (Å²) in [5, 5.41) is 1.06. The second kappa shape index (κ2) is 7.73. The Morgan fingerprint density at radius 2 is 1.48 bits per heavy atom. The fourth-order valence-electron chi connectivity index (χ4n) is 3.72. The molecule has 1 aliphatic rings. The maximum absolute atomic E-state index is 12.5. The predicted octanol–water partition coefficient (Wildman–Crippen LogP) is 5.54. The van der Waals surface area contributed by atoms with Crippen LogP contribution in [0.2, 0.25) is 0 Å². The molecule has 2 heterocycles. The summed E-state index contributed by atoms with van der Waals surface area (Å²) in [6, 6.07) is 8.03. The summed E-state index contributed by atoms with van der Waals surface area (Å²) < 4.78 is 12.6. The number of carbonyl (C=O) groups excluding carboxylic acids is 2. The molecular formula is C23H32N2O4. The van der Waals surface area contributed by atoms with Gasteiger partial charge in [0.2, 0.25) is 0 Å². The topological polar surface area (TPSA) is 60.8 Å². The number of aromatic nitrogens is 1. The molecule has 0 bridgehead atoms. The normalized spacial score (nSPS) is 16.1. The highest BCUT2D eigenvalue weighted by Gasteiger charge is 2.28. The maximum Gasteiger partial charge on any atom is 0.418 e. The number of hydrogen-bond acceptors (Lipinski definition) is 4. The van der Waals surface area contributed by atoms with Gasteiger partial charge < -0.3 is 14.4 Å². The lowest BCUT2D eigenvalue weighted by molar-refractivity contribution is 0.0204. The van der Waals surface area contributed by atoms with Crippen molar-refractivity contribution in [2.75, 3.05) is 13.1 Å². The zero-order chi connectivity index (χ0) is 21.4. The third kappa shape index (κ3) is 5.11. The lowest BCUT2D eigenvalue weighted by Crippen LogP contribution is -2.41. The average molecular weight is 401 g/mol. The second-order valence-electron chi connectivity index (χ2n) is 9.69. The summed E-state index contributed by atoms with van der Waals surface area (Å²) in [4.78, 5) is 26.6. The van der Waals surface area contributed by atoms with Crippen molar-refractivity contribution < 1.29 is 19.1 Å². The van der Waals surface area contributed by atoms with Crippen molar-refractivity contribution in [1.29, 1.82) is 0 Å². The Hall–Kier alpha value is -2.50. The van der Waals surface area contributed by atoms with E-state index in [0.717, 1.165) is 23.7 Å². The smallest absolute Gasteiger partial charge is 0.418 e. The van der Waals surface area contributed by atoms with Crippen LogP contribution >= 0.6 is 0 Å². The van der Waals surface area contributed by atoms with E-state index >= 15 is 0 Å². The molecule has 1 fully saturated rings. The summed E-state index contributed by atoms with van der Waals surface area (Å²) in [7, 11) is 0. The molecule has 0 saturated carbocycles. The molecule has 0 radical (unpaired) electrons. The van der Waals surface area contributed by atoms with E-state index < -0.39 is 11.2 Å². The molecule has 6 heteroatoms. The van der Waals surface area contributed by atoms with Gasteiger partial charge in [-0.2, -0.15) is 0 Å². The molecule has 1 saturated heterocycles. The SMILES string of the molecule is CC(C)(C)OC(=O)N1CCC(c2cccc3c2ccn3C(=O)OC(C)(C)C)CC1. The Bertz CT molecular complexity index is 894. The highest BCUT2D eigenvalue weighted by Crippen LogP contribution is 2.34. The Kier molecular flexibility index (Phi) is 5.65. The summed E-state index contributed by atoms with van der Waals surface area (Å²) >= 11 is 0. The van der Waals surface area contributed by atoms with Crippen LogP contribution in [0.25, 0.3) is 10.9 Å². The third-order valence-electron chi connectivity index (χ3n) is 4.94. The molecule has 1 amide bonds. The number of hydrogen-bond donors (Lipinski definition) is 0. The largest absolute Gasteiger partial charge is 0.444 e. The molecule has 1 aromatic carbocycles. The standard InChI is InChI=1S/C23H32N2O4/c1-22(2,3)28-20(26)24-13-10-16(11-14-24)17-8-7-9-19-18(17)12-15-25(19)21(27)29-23(4,5)6/h7-9,12,15-16H,10-11,13-14H2,1-6H3. The number of benzene rings is 1. The van der Waals surface area contributed by atoms with Gasteiger partial charge in [-0.3, -0.25) is 4.57 Å². The minimum absolute atomic E-state index is 0.245. The van der Waals surface area contributed by atoms with Crippen molar-refractivity contribution in [2.24, 2.45) is 0 Å². The van der Waals surface area contributed by atoms with Gasteiger partial charge >= 0.3 is 12.2 Å². The van der Waals surface area contributed by atoms with Crippen molar-refractivity contribution >= 4 is 23.1 Å². The number of piperidine rings is 1. The predicted molar refractivity (Wildman–Crippen MR) is 113 cm³/mol. The molecule has 1 aromatic heterocycles. The lowest BCUT2D eigenvalue weighted by atomic mass is 9.87. The fraction of sp³-hybridized carbons (Fsp3) is 0.565. The van der Waals surface area contributed by atoms with Gasteiger partial charge in [0.1, 0.15) is 11.2 Å². The van der Waals surface area contributed by atoms with Crippen LogP contribution in [0.4, 0.5) is 9.59 Å². The number of ether oxygens (including phenoxy) is 2. The van der Waals surface area contributed by atoms with E-state index in [4.69, 9.17) is 9.47 Å². The van der Waals surface area contributed by atoms with Gasteiger partial charge in [-0.1, -0.05) is 12.1 Å². The molecule has 158 valence electrons. The molecule has 0 N–H and O–H groups in total. The average Bonchev–Trinajstić information content (AvgIpc) is 3.03. The molecule has 1 aliphatic heterocycles. The summed E-state index contributed by atoms with van der Waals surface area (Å²) in [5.41, 5.74) is 1.05. The lowest BCUT2D eigenvalue weighted by Gasteiger charge is -2.33. The van der Waals surface area contributed by atoms with Crippen LogP contribution in [0.3, 0.4) is 0 Å². The fourth-order valence-corrected chi connectivity index (χ4v) is 3.72. The maximum atomic E-state index is 12.5. The minimum Gasteiger partial charge on any atom is -0.444 e. The number of likely N-dealkylation sites (tertiary alicyclic amines) is 1. The molecule has 0 unspecified atom stereocenters. The Balaban J connectivity index is 1.75. The molecule has 6 nitrogen and oxygen atoms in total. The van der Waals surface area contributed by atoms with Crippen LogP contribution in [-0.4, -0.2) is 45.9 Å². The number of nitrogens with zero attached hydrogens (tertiary/aromatic N) is 2. The molecule has 2 aromatic rings. The van der Waals surface area contributed by atoms with E-state index in [0.29, 0.717) is 19.0 Å². The van der Waals surface area contributed by atoms with Gasteiger partial charge in [-0.15, -0.1) is 0 Å². The zero-order valence-corrected chi connectivity index (χ0v) is 18.3. The van der Waals surface area contributed by atoms with Crippen LogP contribution in [-0.2, 0) is 9.47 Å². The van der Waals surface area contributed by atoms with Crippen LogP contribution in [0.5, 0.6) is 0 Å². The molecule has 0 spiro atoms. The molecule has 0 aliphatic carbocycles. The van der Waals surface area contributed by atoms with Gasteiger partial charge in [0.25, 0.3) is 0 Å². The van der Waals surface area contributed by atoms with Crippen LogP contribution in [0.1, 0.15) is 65.9 Å². The van der Waals surface area contributed by atoms with Gasteiger partial charge in [0.15, 0.2) is 0 Å². The first-order valence-corrected chi connectivity index (χ1v) is 10.3. The molecule has 29 heavy (non-hydrogen) atoms. The van der Waals surface area contributed by atoms with Crippen LogP contribution < -0.4 is 0 Å². The van der Waals surface area contributed by atoms with Crippen LogP contribution in [0, 0.1) is 0 Å². The van der Waals surface area contributed by atoms with Gasteiger partial charge in [-0.05, 0) is 78.0 Å². The molecule has 0 atom stereocenters. The van der Waals surface area contributed by atoms with E-state index in [2.05, 4.69) is 6.07 Å². The number of carbonyl (C=O) groups is 2. The monoisotopic (exact) mass is 400 g/mol. The molecule has 3 rings (SSSR count). The number of rotatable bonds is 1. The first-order valence-electron chi connectivity index (χ1n) is 10.3. The van der Waals surface area contributed by atoms with Gasteiger partial charge in [-0.25, -0.2) is 9.59 Å². The van der Waals surface area contributed by atoms with Gasteiger partial charge in [0.05, 0.1) is 5.52 Å². The number of amides is 1. The first-order chi connectivity index (χ1) is 13.4. The van der Waals surface area contributed by atoms with E-state index in [1.807, 2.05) is 59.7 Å². The summed E-state index contributed by atoms with van der Waals surface area (Å²) in [5.74, 6) is 0.340. The summed E-state index contributed by atoms with van der Waals surface area (Å²) in [6.45, 7) is 12.6. The van der Waals surface area contributed by atoms with Crippen molar-refractivity contribution in [3.05, 3.63) is 36.0 Å².